The molecular formula is C27H22N2O4S. The monoisotopic (exact) mass is 470 g/mol. The van der Waals surface area contributed by atoms with Crippen LogP contribution in [0.5, 0.6) is 5.75 Å². The minimum atomic E-state index is -0.801. The summed E-state index contributed by atoms with van der Waals surface area (Å²) in [5.74, 6) is -0.225. The number of hydrogen-bond donors (Lipinski definition) is 0. The maximum absolute atomic E-state index is 12.8. The van der Waals surface area contributed by atoms with Gasteiger partial charge in [0.15, 0.2) is 6.61 Å². The molecule has 1 atom stereocenters. The average Bonchev–Trinajstić information content (AvgIpc) is 3.38. The van der Waals surface area contributed by atoms with Crippen LogP contribution in [-0.4, -0.2) is 29.5 Å². The Morgan fingerprint density at radius 3 is 2.56 bits per heavy atom. The Morgan fingerprint density at radius 2 is 1.79 bits per heavy atom. The average molecular weight is 471 g/mol. The third-order valence-corrected chi connectivity index (χ3v) is 6.50. The molecule has 34 heavy (non-hydrogen) atoms. The van der Waals surface area contributed by atoms with Crippen LogP contribution >= 0.6 is 11.3 Å². The van der Waals surface area contributed by atoms with Gasteiger partial charge in [0.25, 0.3) is 5.91 Å². The molecule has 1 aliphatic rings. The fourth-order valence-corrected chi connectivity index (χ4v) is 4.66. The number of fused-ring (bicyclic) bond motifs is 1. The van der Waals surface area contributed by atoms with Crippen molar-refractivity contribution in [2.45, 2.75) is 19.6 Å². The summed E-state index contributed by atoms with van der Waals surface area (Å²) in [4.78, 5) is 31.8. The Kier molecular flexibility index (Phi) is 6.10. The number of carbonyl (C=O) groups excluding carboxylic acids is 2. The van der Waals surface area contributed by atoms with E-state index in [1.165, 1.54) is 4.90 Å². The number of ether oxygens (including phenoxy) is 2. The Hall–Kier alpha value is -3.97. The summed E-state index contributed by atoms with van der Waals surface area (Å²) < 4.78 is 11.1. The Morgan fingerprint density at radius 1 is 1.06 bits per heavy atom. The highest BCUT2D eigenvalue weighted by molar-refractivity contribution is 7.13. The number of benzene rings is 3. The first-order valence-corrected chi connectivity index (χ1v) is 11.8. The van der Waals surface area contributed by atoms with Gasteiger partial charge < -0.3 is 9.47 Å². The predicted molar refractivity (Wildman–Crippen MR) is 132 cm³/mol. The van der Waals surface area contributed by atoms with Gasteiger partial charge in [0.1, 0.15) is 23.4 Å². The van der Waals surface area contributed by atoms with E-state index in [-0.39, 0.29) is 19.1 Å². The first kappa shape index (κ1) is 21.9. The number of amides is 1. The van der Waals surface area contributed by atoms with E-state index in [1.54, 1.807) is 18.3 Å². The summed E-state index contributed by atoms with van der Waals surface area (Å²) in [5.41, 5.74) is 4.10. The summed E-state index contributed by atoms with van der Waals surface area (Å²) in [6, 6.07) is 24.2. The van der Waals surface area contributed by atoms with Crippen LogP contribution in [0.4, 0.5) is 5.69 Å². The van der Waals surface area contributed by atoms with Crippen LogP contribution < -0.4 is 9.64 Å². The van der Waals surface area contributed by atoms with E-state index in [2.05, 4.69) is 0 Å². The van der Waals surface area contributed by atoms with E-state index in [9.17, 15) is 9.59 Å². The number of hydrogen-bond acceptors (Lipinski definition) is 6. The van der Waals surface area contributed by atoms with E-state index < -0.39 is 12.0 Å². The van der Waals surface area contributed by atoms with Crippen LogP contribution in [0.25, 0.3) is 21.8 Å². The van der Waals surface area contributed by atoms with Crippen LogP contribution in [0.3, 0.4) is 0 Å². The van der Waals surface area contributed by atoms with Crippen molar-refractivity contribution in [3.8, 4) is 27.6 Å². The maximum atomic E-state index is 12.8. The first-order chi connectivity index (χ1) is 16.6. The fraction of sp³-hybridized carbons (Fsp3) is 0.148. The Bertz CT molecular complexity index is 1320. The van der Waals surface area contributed by atoms with Crippen molar-refractivity contribution in [3.63, 3.8) is 0 Å². The lowest BCUT2D eigenvalue weighted by Crippen LogP contribution is -2.48. The highest BCUT2D eigenvalue weighted by Gasteiger charge is 2.34. The molecule has 170 valence electrons. The molecule has 0 fully saturated rings. The third-order valence-electron chi connectivity index (χ3n) is 5.61. The second-order valence-electron chi connectivity index (χ2n) is 7.91. The molecule has 1 amide bonds. The van der Waals surface area contributed by atoms with Crippen molar-refractivity contribution < 1.29 is 19.1 Å². The molecule has 7 heteroatoms. The number of aromatic nitrogens is 1. The van der Waals surface area contributed by atoms with E-state index >= 15 is 0 Å². The maximum Gasteiger partial charge on any atom is 0.329 e. The lowest BCUT2D eigenvalue weighted by atomic mass is 10.1. The molecule has 4 aromatic rings. The number of rotatable bonds is 6. The van der Waals surface area contributed by atoms with Gasteiger partial charge in [0.05, 0.1) is 11.4 Å². The van der Waals surface area contributed by atoms with Gasteiger partial charge in [-0.25, -0.2) is 9.78 Å². The number of thiazole rings is 1. The quantitative estimate of drug-likeness (QED) is 0.356. The van der Waals surface area contributed by atoms with Gasteiger partial charge in [-0.05, 0) is 30.7 Å². The number of carbonyl (C=O) groups is 2. The number of esters is 1. The molecule has 0 saturated heterocycles. The van der Waals surface area contributed by atoms with Gasteiger partial charge in [0.2, 0.25) is 0 Å². The molecule has 1 aliphatic heterocycles. The van der Waals surface area contributed by atoms with E-state index in [1.807, 2.05) is 84.2 Å². The molecule has 0 N–H and O–H groups in total. The van der Waals surface area contributed by atoms with Gasteiger partial charge in [-0.2, -0.15) is 0 Å². The second-order valence-corrected chi connectivity index (χ2v) is 8.77. The van der Waals surface area contributed by atoms with Crippen molar-refractivity contribution in [2.75, 3.05) is 11.5 Å². The zero-order valence-corrected chi connectivity index (χ0v) is 19.3. The standard InChI is InChI=1S/C27H22N2O4S/c1-18(27(31)33-15-19-8-4-2-5-9-19)29-23-14-21(12-13-24(23)32-16-25(29)30)22-17-34-26(28-22)20-10-6-3-7-11-20/h2-14,17-18H,15-16H2,1H3. The molecule has 1 unspecified atom stereocenters. The lowest BCUT2D eigenvalue weighted by Gasteiger charge is -2.33. The molecule has 3 aromatic carbocycles. The fourth-order valence-electron chi connectivity index (χ4n) is 3.83. The van der Waals surface area contributed by atoms with Crippen molar-refractivity contribution in [2.24, 2.45) is 0 Å². The number of anilines is 1. The molecule has 0 aliphatic carbocycles. The molecule has 5 rings (SSSR count). The largest absolute Gasteiger partial charge is 0.482 e. The topological polar surface area (TPSA) is 68.7 Å². The van der Waals surface area contributed by atoms with Gasteiger partial charge >= 0.3 is 5.97 Å². The minimum Gasteiger partial charge on any atom is -0.482 e. The van der Waals surface area contributed by atoms with Crippen LogP contribution in [-0.2, 0) is 20.9 Å². The molecule has 2 heterocycles. The molecule has 1 aromatic heterocycles. The molecular weight excluding hydrogens is 448 g/mol. The normalized spacial score (nSPS) is 13.7. The molecule has 0 spiro atoms. The first-order valence-electron chi connectivity index (χ1n) is 10.9. The minimum absolute atomic E-state index is 0.127. The van der Waals surface area contributed by atoms with Crippen molar-refractivity contribution in [3.05, 3.63) is 89.8 Å². The lowest BCUT2D eigenvalue weighted by molar-refractivity contribution is -0.147. The predicted octanol–water partition coefficient (Wildman–Crippen LogP) is 5.33. The van der Waals surface area contributed by atoms with Crippen molar-refractivity contribution in [1.29, 1.82) is 0 Å². The van der Waals surface area contributed by atoms with Gasteiger partial charge in [-0.15, -0.1) is 11.3 Å². The number of nitrogens with zero attached hydrogens (tertiary/aromatic N) is 2. The van der Waals surface area contributed by atoms with Gasteiger partial charge in [0, 0.05) is 16.5 Å². The molecule has 0 saturated carbocycles. The van der Waals surface area contributed by atoms with Gasteiger partial charge in [-0.1, -0.05) is 60.7 Å². The van der Waals surface area contributed by atoms with Gasteiger partial charge in [-0.3, -0.25) is 9.69 Å². The van der Waals surface area contributed by atoms with Crippen LogP contribution in [0.1, 0.15) is 12.5 Å². The summed E-state index contributed by atoms with van der Waals surface area (Å²) in [7, 11) is 0. The molecule has 6 nitrogen and oxygen atoms in total. The van der Waals surface area contributed by atoms with Crippen LogP contribution in [0.2, 0.25) is 0 Å². The summed E-state index contributed by atoms with van der Waals surface area (Å²) in [5, 5.41) is 2.90. The summed E-state index contributed by atoms with van der Waals surface area (Å²) in [6.45, 7) is 1.69. The van der Waals surface area contributed by atoms with Crippen molar-refractivity contribution >= 4 is 28.9 Å². The third kappa shape index (κ3) is 4.43. The zero-order chi connectivity index (χ0) is 23.5. The Labute approximate surface area is 201 Å². The summed E-state index contributed by atoms with van der Waals surface area (Å²) >= 11 is 1.55. The van der Waals surface area contributed by atoms with E-state index in [4.69, 9.17) is 14.5 Å². The zero-order valence-electron chi connectivity index (χ0n) is 18.5. The SMILES string of the molecule is CC(C(=O)OCc1ccccc1)N1C(=O)COc2ccc(-c3csc(-c4ccccc4)n3)cc21. The van der Waals surface area contributed by atoms with Crippen molar-refractivity contribution in [1.82, 2.24) is 4.98 Å². The Balaban J connectivity index is 1.40. The van der Waals surface area contributed by atoms with E-state index in [0.717, 1.165) is 27.4 Å². The van der Waals surface area contributed by atoms with Crippen LogP contribution in [0, 0.1) is 0 Å². The molecule has 0 bridgehead atoms. The smallest absolute Gasteiger partial charge is 0.329 e. The molecule has 0 radical (unpaired) electrons. The highest BCUT2D eigenvalue weighted by Crippen LogP contribution is 2.38. The summed E-state index contributed by atoms with van der Waals surface area (Å²) in [6.07, 6.45) is 0. The highest BCUT2D eigenvalue weighted by atomic mass is 32.1. The second kappa shape index (κ2) is 9.49. The van der Waals surface area contributed by atoms with Crippen LogP contribution in [0.15, 0.2) is 84.2 Å². The van der Waals surface area contributed by atoms with E-state index in [0.29, 0.717) is 11.4 Å².